The van der Waals surface area contributed by atoms with Crippen molar-refractivity contribution in [3.63, 3.8) is 0 Å². The fourth-order valence-electron chi connectivity index (χ4n) is 1.82. The molecule has 0 fully saturated rings. The van der Waals surface area contributed by atoms with Crippen LogP contribution in [0.5, 0.6) is 0 Å². The average molecular weight is 288 g/mol. The van der Waals surface area contributed by atoms with Crippen molar-refractivity contribution in [1.82, 2.24) is 5.32 Å². The molecule has 0 amide bonds. The van der Waals surface area contributed by atoms with Gasteiger partial charge in [-0.1, -0.05) is 36.4 Å². The second-order valence-electron chi connectivity index (χ2n) is 4.22. The van der Waals surface area contributed by atoms with E-state index >= 15 is 0 Å². The highest BCUT2D eigenvalue weighted by atomic mass is 32.2. The number of para-hydroxylation sites is 1. The minimum Gasteiger partial charge on any atom is -0.312 e. The molecule has 0 heterocycles. The SMILES string of the molecule is O=[N+]([O-])c1ccccc1CNCCSc1ccccc1. The average Bonchev–Trinajstić information content (AvgIpc) is 2.48. The van der Waals surface area contributed by atoms with Gasteiger partial charge >= 0.3 is 0 Å². The normalized spacial score (nSPS) is 10.4. The zero-order valence-corrected chi connectivity index (χ0v) is 11.8. The molecule has 0 bridgehead atoms. The highest BCUT2D eigenvalue weighted by molar-refractivity contribution is 7.99. The highest BCUT2D eigenvalue weighted by Gasteiger charge is 2.10. The third-order valence-corrected chi connectivity index (χ3v) is 3.81. The van der Waals surface area contributed by atoms with Crippen LogP contribution in [-0.4, -0.2) is 17.2 Å². The zero-order chi connectivity index (χ0) is 14.2. The first kappa shape index (κ1) is 14.6. The first-order valence-corrected chi connectivity index (χ1v) is 7.37. The van der Waals surface area contributed by atoms with Crippen molar-refractivity contribution in [2.75, 3.05) is 12.3 Å². The Kier molecular flexibility index (Phi) is 5.58. The van der Waals surface area contributed by atoms with Crippen molar-refractivity contribution in [3.05, 3.63) is 70.3 Å². The number of hydrogen-bond acceptors (Lipinski definition) is 4. The van der Waals surface area contributed by atoms with E-state index in [0.717, 1.165) is 17.9 Å². The lowest BCUT2D eigenvalue weighted by Gasteiger charge is -2.05. The van der Waals surface area contributed by atoms with E-state index in [1.807, 2.05) is 24.3 Å². The topological polar surface area (TPSA) is 55.2 Å². The Morgan fingerprint density at radius 3 is 2.50 bits per heavy atom. The van der Waals surface area contributed by atoms with Gasteiger partial charge in [-0.25, -0.2) is 0 Å². The van der Waals surface area contributed by atoms with Gasteiger partial charge < -0.3 is 5.32 Å². The number of nitrogens with zero attached hydrogens (tertiary/aromatic N) is 1. The van der Waals surface area contributed by atoms with Crippen molar-refractivity contribution < 1.29 is 4.92 Å². The third kappa shape index (κ3) is 4.36. The minimum atomic E-state index is -0.338. The maximum atomic E-state index is 10.9. The molecule has 0 spiro atoms. The summed E-state index contributed by atoms with van der Waals surface area (Å²) in [5.41, 5.74) is 0.901. The van der Waals surface area contributed by atoms with Crippen LogP contribution in [0.1, 0.15) is 5.56 Å². The predicted molar refractivity (Wildman–Crippen MR) is 82.0 cm³/mol. The van der Waals surface area contributed by atoms with Gasteiger partial charge in [0.2, 0.25) is 0 Å². The van der Waals surface area contributed by atoms with E-state index < -0.39 is 0 Å². The maximum Gasteiger partial charge on any atom is 0.273 e. The summed E-state index contributed by atoms with van der Waals surface area (Å²) in [5.74, 6) is 0.935. The summed E-state index contributed by atoms with van der Waals surface area (Å²) in [6, 6.07) is 17.0. The van der Waals surface area contributed by atoms with Crippen LogP contribution in [0.15, 0.2) is 59.5 Å². The minimum absolute atomic E-state index is 0.177. The summed E-state index contributed by atoms with van der Waals surface area (Å²) >= 11 is 1.77. The Balaban J connectivity index is 1.75. The molecule has 1 N–H and O–H groups in total. The van der Waals surface area contributed by atoms with Crippen LogP contribution in [0.25, 0.3) is 0 Å². The van der Waals surface area contributed by atoms with Gasteiger partial charge in [-0.05, 0) is 12.1 Å². The standard InChI is InChI=1S/C15H16N2O2S/c18-17(19)15-9-5-4-6-13(15)12-16-10-11-20-14-7-2-1-3-8-14/h1-9,16H,10-12H2. The number of nitro groups is 1. The number of nitro benzene ring substituents is 1. The molecule has 0 aliphatic heterocycles. The Bertz CT molecular complexity index is 561. The number of nitrogens with one attached hydrogen (secondary N) is 1. The van der Waals surface area contributed by atoms with Crippen LogP contribution in [0.3, 0.4) is 0 Å². The molecule has 0 saturated heterocycles. The lowest BCUT2D eigenvalue weighted by atomic mass is 10.2. The molecular weight excluding hydrogens is 272 g/mol. The fourth-order valence-corrected chi connectivity index (χ4v) is 2.65. The number of thioether (sulfide) groups is 1. The number of benzene rings is 2. The van der Waals surface area contributed by atoms with Crippen LogP contribution >= 0.6 is 11.8 Å². The first-order valence-electron chi connectivity index (χ1n) is 6.38. The maximum absolute atomic E-state index is 10.9. The second kappa shape index (κ2) is 7.67. The van der Waals surface area contributed by atoms with Crippen molar-refractivity contribution >= 4 is 17.4 Å². The molecule has 4 nitrogen and oxygen atoms in total. The quantitative estimate of drug-likeness (QED) is 0.367. The molecule has 0 aliphatic rings. The van der Waals surface area contributed by atoms with Gasteiger partial charge in [0.05, 0.1) is 4.92 Å². The van der Waals surface area contributed by atoms with Crippen molar-refractivity contribution in [2.45, 2.75) is 11.4 Å². The van der Waals surface area contributed by atoms with E-state index in [-0.39, 0.29) is 10.6 Å². The van der Waals surface area contributed by atoms with E-state index in [2.05, 4.69) is 17.4 Å². The van der Waals surface area contributed by atoms with Crippen LogP contribution in [0.4, 0.5) is 5.69 Å². The van der Waals surface area contributed by atoms with Crippen molar-refractivity contribution in [3.8, 4) is 0 Å². The molecule has 2 aromatic carbocycles. The molecule has 0 aromatic heterocycles. The number of rotatable bonds is 7. The summed E-state index contributed by atoms with van der Waals surface area (Å²) in [5, 5.41) is 14.1. The molecule has 0 unspecified atom stereocenters. The molecule has 0 aliphatic carbocycles. The van der Waals surface area contributed by atoms with Gasteiger partial charge in [0.1, 0.15) is 0 Å². The van der Waals surface area contributed by atoms with Crippen LogP contribution in [0, 0.1) is 10.1 Å². The highest BCUT2D eigenvalue weighted by Crippen LogP contribution is 2.18. The molecule has 2 aromatic rings. The summed E-state index contributed by atoms with van der Waals surface area (Å²) in [6.07, 6.45) is 0. The zero-order valence-electron chi connectivity index (χ0n) is 11.0. The van der Waals surface area contributed by atoms with E-state index in [1.165, 1.54) is 11.0 Å². The van der Waals surface area contributed by atoms with E-state index in [0.29, 0.717) is 6.54 Å². The van der Waals surface area contributed by atoms with Crippen LogP contribution in [0.2, 0.25) is 0 Å². The third-order valence-electron chi connectivity index (χ3n) is 2.79. The Morgan fingerprint density at radius 2 is 1.75 bits per heavy atom. The van der Waals surface area contributed by atoms with E-state index in [4.69, 9.17) is 0 Å². The van der Waals surface area contributed by atoms with Crippen molar-refractivity contribution in [1.29, 1.82) is 0 Å². The Morgan fingerprint density at radius 1 is 1.05 bits per heavy atom. The summed E-state index contributed by atoms with van der Waals surface area (Å²) in [6.45, 7) is 1.33. The molecular formula is C15H16N2O2S. The number of hydrogen-bond donors (Lipinski definition) is 1. The van der Waals surface area contributed by atoms with E-state index in [9.17, 15) is 10.1 Å². The fraction of sp³-hybridized carbons (Fsp3) is 0.200. The molecule has 20 heavy (non-hydrogen) atoms. The van der Waals surface area contributed by atoms with Gasteiger partial charge in [-0.3, -0.25) is 10.1 Å². The predicted octanol–water partition coefficient (Wildman–Crippen LogP) is 3.48. The summed E-state index contributed by atoms with van der Waals surface area (Å²) in [4.78, 5) is 11.8. The molecule has 0 saturated carbocycles. The molecule has 0 radical (unpaired) electrons. The Labute approximate surface area is 122 Å². The molecule has 2 rings (SSSR count). The first-order chi connectivity index (χ1) is 9.77. The summed E-state index contributed by atoms with van der Waals surface area (Å²) in [7, 11) is 0. The largest absolute Gasteiger partial charge is 0.312 e. The van der Waals surface area contributed by atoms with Crippen LogP contribution < -0.4 is 5.32 Å². The molecule has 5 heteroatoms. The van der Waals surface area contributed by atoms with Gasteiger partial charge in [0, 0.05) is 35.4 Å². The Hall–Kier alpha value is -1.85. The van der Waals surface area contributed by atoms with Gasteiger partial charge in [0.25, 0.3) is 5.69 Å². The monoisotopic (exact) mass is 288 g/mol. The van der Waals surface area contributed by atoms with Crippen LogP contribution in [-0.2, 0) is 6.54 Å². The van der Waals surface area contributed by atoms with Crippen molar-refractivity contribution in [2.24, 2.45) is 0 Å². The van der Waals surface area contributed by atoms with E-state index in [1.54, 1.807) is 23.9 Å². The summed E-state index contributed by atoms with van der Waals surface area (Å²) < 4.78 is 0. The molecule has 104 valence electrons. The smallest absolute Gasteiger partial charge is 0.273 e. The van der Waals surface area contributed by atoms with Gasteiger partial charge in [0.15, 0.2) is 0 Å². The van der Waals surface area contributed by atoms with Gasteiger partial charge in [-0.2, -0.15) is 0 Å². The van der Waals surface area contributed by atoms with Gasteiger partial charge in [-0.15, -0.1) is 11.8 Å². The lowest BCUT2D eigenvalue weighted by Crippen LogP contribution is -2.17. The lowest BCUT2D eigenvalue weighted by molar-refractivity contribution is -0.385. The molecule has 0 atom stereocenters. The second-order valence-corrected chi connectivity index (χ2v) is 5.39.